The Morgan fingerprint density at radius 1 is 1.17 bits per heavy atom. The Morgan fingerprint density at radius 3 is 2.27 bits per heavy atom. The molecule has 1 N–H and O–H groups in total. The van der Waals surface area contributed by atoms with Crippen LogP contribution in [0.5, 0.6) is 0 Å². The van der Waals surface area contributed by atoms with Gasteiger partial charge in [0.1, 0.15) is 5.00 Å². The minimum Gasteiger partial charge on any atom is -0.465 e. The summed E-state index contributed by atoms with van der Waals surface area (Å²) in [4.78, 5) is 49.8. The molecule has 0 aliphatic carbocycles. The Kier molecular flexibility index (Phi) is 7.65. The number of nitro groups is 1. The van der Waals surface area contributed by atoms with Crippen molar-refractivity contribution in [3.8, 4) is 0 Å². The van der Waals surface area contributed by atoms with Crippen molar-refractivity contribution in [1.82, 2.24) is 4.90 Å². The molecule has 2 amide bonds. The summed E-state index contributed by atoms with van der Waals surface area (Å²) in [6.45, 7) is 6.40. The molecule has 0 radical (unpaired) electrons. The third kappa shape index (κ3) is 5.01. The second-order valence-electron chi connectivity index (χ2n) is 6.38. The van der Waals surface area contributed by atoms with Crippen molar-refractivity contribution in [3.63, 3.8) is 0 Å². The van der Waals surface area contributed by atoms with Crippen molar-refractivity contribution in [2.75, 3.05) is 25.5 Å². The molecule has 0 atom stereocenters. The zero-order valence-corrected chi connectivity index (χ0v) is 18.0. The molecule has 9 nitrogen and oxygen atoms in total. The number of ether oxygens (including phenoxy) is 1. The van der Waals surface area contributed by atoms with Gasteiger partial charge in [-0.3, -0.25) is 19.7 Å². The van der Waals surface area contributed by atoms with Gasteiger partial charge in [-0.25, -0.2) is 4.79 Å². The van der Waals surface area contributed by atoms with Gasteiger partial charge in [0, 0.05) is 25.2 Å². The van der Waals surface area contributed by atoms with Gasteiger partial charge in [0.05, 0.1) is 28.9 Å². The van der Waals surface area contributed by atoms with E-state index >= 15 is 0 Å². The Labute approximate surface area is 177 Å². The molecule has 10 heteroatoms. The molecule has 160 valence electrons. The Balaban J connectivity index is 2.29. The molecule has 30 heavy (non-hydrogen) atoms. The highest BCUT2D eigenvalue weighted by Crippen LogP contribution is 2.34. The fourth-order valence-corrected chi connectivity index (χ4v) is 4.08. The van der Waals surface area contributed by atoms with Crippen molar-refractivity contribution in [2.24, 2.45) is 0 Å². The minimum atomic E-state index is -0.645. The molecule has 0 spiro atoms. The molecule has 0 fully saturated rings. The first-order chi connectivity index (χ1) is 14.2. The number of methoxy groups -OCH3 is 1. The van der Waals surface area contributed by atoms with E-state index in [1.807, 2.05) is 13.8 Å². The summed E-state index contributed by atoms with van der Waals surface area (Å²) in [5, 5.41) is 13.7. The topological polar surface area (TPSA) is 119 Å². The first kappa shape index (κ1) is 23.0. The van der Waals surface area contributed by atoms with Gasteiger partial charge in [-0.05, 0) is 31.9 Å². The van der Waals surface area contributed by atoms with Gasteiger partial charge < -0.3 is 15.0 Å². The normalized spacial score (nSPS) is 10.4. The zero-order valence-electron chi connectivity index (χ0n) is 17.2. The lowest BCUT2D eigenvalue weighted by Crippen LogP contribution is -2.30. The summed E-state index contributed by atoms with van der Waals surface area (Å²) in [5.74, 6) is -1.28. The summed E-state index contributed by atoms with van der Waals surface area (Å²) < 4.78 is 4.83. The number of carbonyl (C=O) groups excluding carboxylic acids is 3. The van der Waals surface area contributed by atoms with E-state index in [1.54, 1.807) is 11.8 Å². The number of nitrogens with zero attached hydrogens (tertiary/aromatic N) is 2. The molecule has 0 aliphatic heterocycles. The van der Waals surface area contributed by atoms with Crippen molar-refractivity contribution in [2.45, 2.75) is 27.2 Å². The maximum Gasteiger partial charge on any atom is 0.341 e. The minimum absolute atomic E-state index is 0.0467. The summed E-state index contributed by atoms with van der Waals surface area (Å²) in [6.07, 6.45) is -0.0467. The van der Waals surface area contributed by atoms with Gasteiger partial charge in [-0.15, -0.1) is 11.3 Å². The highest BCUT2D eigenvalue weighted by molar-refractivity contribution is 7.18. The zero-order chi connectivity index (χ0) is 22.4. The predicted octanol–water partition coefficient (Wildman–Crippen LogP) is 3.41. The highest BCUT2D eigenvalue weighted by atomic mass is 32.1. The number of hydrogen-bond donors (Lipinski definition) is 1. The first-order valence-corrected chi connectivity index (χ1v) is 10.1. The van der Waals surface area contributed by atoms with Crippen molar-refractivity contribution < 1.29 is 24.0 Å². The number of non-ortho nitro benzene ring substituents is 1. The molecule has 1 aromatic heterocycles. The molecule has 0 saturated carbocycles. The van der Waals surface area contributed by atoms with Crippen LogP contribution in [0.25, 0.3) is 0 Å². The van der Waals surface area contributed by atoms with Crippen molar-refractivity contribution in [1.29, 1.82) is 0 Å². The van der Waals surface area contributed by atoms with Crippen molar-refractivity contribution >= 4 is 39.8 Å². The van der Waals surface area contributed by atoms with Crippen LogP contribution in [-0.2, 0) is 16.0 Å². The molecule has 0 aliphatic rings. The largest absolute Gasteiger partial charge is 0.465 e. The van der Waals surface area contributed by atoms with Gasteiger partial charge in [-0.1, -0.05) is 12.1 Å². The smallest absolute Gasteiger partial charge is 0.341 e. The van der Waals surface area contributed by atoms with Crippen LogP contribution in [0.2, 0.25) is 0 Å². The third-order valence-corrected chi connectivity index (χ3v) is 5.74. The molecule has 1 aromatic carbocycles. The van der Waals surface area contributed by atoms with Crippen LogP contribution < -0.4 is 5.32 Å². The predicted molar refractivity (Wildman–Crippen MR) is 113 cm³/mol. The van der Waals surface area contributed by atoms with Gasteiger partial charge in [-0.2, -0.15) is 0 Å². The fraction of sp³-hybridized carbons (Fsp3) is 0.350. The van der Waals surface area contributed by atoms with E-state index in [4.69, 9.17) is 4.74 Å². The van der Waals surface area contributed by atoms with Gasteiger partial charge in [0.15, 0.2) is 0 Å². The van der Waals surface area contributed by atoms with E-state index in [9.17, 15) is 24.5 Å². The number of amides is 2. The number of thiophene rings is 1. The van der Waals surface area contributed by atoms with Crippen LogP contribution >= 0.6 is 11.3 Å². The first-order valence-electron chi connectivity index (χ1n) is 9.27. The molecular weight excluding hydrogens is 410 g/mol. The van der Waals surface area contributed by atoms with E-state index in [0.717, 1.165) is 11.3 Å². The third-order valence-electron chi connectivity index (χ3n) is 4.55. The van der Waals surface area contributed by atoms with E-state index < -0.39 is 16.8 Å². The van der Waals surface area contributed by atoms with Gasteiger partial charge >= 0.3 is 5.97 Å². The van der Waals surface area contributed by atoms with Crippen LogP contribution in [0.3, 0.4) is 0 Å². The van der Waals surface area contributed by atoms with Crippen molar-refractivity contribution in [3.05, 3.63) is 55.9 Å². The fourth-order valence-electron chi connectivity index (χ4n) is 2.90. The Morgan fingerprint density at radius 2 is 1.77 bits per heavy atom. The highest BCUT2D eigenvalue weighted by Gasteiger charge is 2.28. The maximum atomic E-state index is 12.8. The monoisotopic (exact) mass is 433 g/mol. The molecule has 0 unspecified atom stereocenters. The maximum absolute atomic E-state index is 12.8. The summed E-state index contributed by atoms with van der Waals surface area (Å²) in [7, 11) is 1.23. The SMILES string of the molecule is CCN(CC)C(=O)c1sc(NC(=O)Cc2ccc([N+](=O)[O-])cc2)c(C(=O)OC)c1C. The number of carbonyl (C=O) groups is 3. The number of nitrogens with one attached hydrogen (secondary N) is 1. The average Bonchev–Trinajstić information content (AvgIpc) is 3.04. The molecule has 2 aromatic rings. The summed E-state index contributed by atoms with van der Waals surface area (Å²) >= 11 is 1.03. The van der Waals surface area contributed by atoms with E-state index in [1.165, 1.54) is 31.4 Å². The van der Waals surface area contributed by atoms with Crippen LogP contribution in [0.15, 0.2) is 24.3 Å². The second-order valence-corrected chi connectivity index (χ2v) is 7.40. The van der Waals surface area contributed by atoms with Gasteiger partial charge in [0.2, 0.25) is 5.91 Å². The second kappa shape index (κ2) is 9.97. The summed E-state index contributed by atoms with van der Waals surface area (Å²) in [5.41, 5.74) is 1.11. The number of rotatable bonds is 8. The van der Waals surface area contributed by atoms with Crippen LogP contribution in [0.1, 0.15) is 45.0 Å². The quantitative estimate of drug-likeness (QED) is 0.387. The lowest BCUT2D eigenvalue weighted by atomic mass is 10.1. The molecule has 1 heterocycles. The number of benzene rings is 1. The summed E-state index contributed by atoms with van der Waals surface area (Å²) in [6, 6.07) is 5.62. The van der Waals surface area contributed by atoms with Crippen LogP contribution in [0, 0.1) is 17.0 Å². The molecule has 0 bridgehead atoms. The lowest BCUT2D eigenvalue weighted by molar-refractivity contribution is -0.384. The van der Waals surface area contributed by atoms with E-state index in [-0.39, 0.29) is 28.6 Å². The average molecular weight is 433 g/mol. The number of hydrogen-bond acceptors (Lipinski definition) is 7. The standard InChI is InChI=1S/C20H23N3O6S/c1-5-22(6-2)19(25)17-12(3)16(20(26)29-4)18(30-17)21-15(24)11-13-7-9-14(10-8-13)23(27)28/h7-10H,5-6,11H2,1-4H3,(H,21,24). The van der Waals surface area contributed by atoms with E-state index in [2.05, 4.69) is 5.32 Å². The number of nitro benzene ring substituents is 1. The van der Waals surface area contributed by atoms with Crippen LogP contribution in [0.4, 0.5) is 10.7 Å². The number of esters is 1. The molecule has 0 saturated heterocycles. The molecule has 2 rings (SSSR count). The lowest BCUT2D eigenvalue weighted by Gasteiger charge is -2.17. The van der Waals surface area contributed by atoms with Gasteiger partial charge in [0.25, 0.3) is 11.6 Å². The Hall–Kier alpha value is -3.27. The Bertz CT molecular complexity index is 964. The molecular formula is C20H23N3O6S. The van der Waals surface area contributed by atoms with Crippen LogP contribution in [-0.4, -0.2) is 47.8 Å². The van der Waals surface area contributed by atoms with E-state index in [0.29, 0.717) is 29.1 Å². The number of anilines is 1.